The number of ether oxygens (including phenoxy) is 1. The molecule has 0 N–H and O–H groups in total. The fourth-order valence-corrected chi connectivity index (χ4v) is 2.41. The van der Waals surface area contributed by atoms with Crippen LogP contribution in [0.4, 0.5) is 0 Å². The van der Waals surface area contributed by atoms with Crippen LogP contribution in [0.25, 0.3) is 0 Å². The summed E-state index contributed by atoms with van der Waals surface area (Å²) in [4.78, 5) is 11.2. The van der Waals surface area contributed by atoms with Crippen LogP contribution in [0, 0.1) is 17.3 Å². The van der Waals surface area contributed by atoms with Crippen LogP contribution in [-0.4, -0.2) is 12.6 Å². The SMILES string of the molecule is CCOC(=O)C1C2CCC21C. The highest BCUT2D eigenvalue weighted by Crippen LogP contribution is 2.72. The highest BCUT2D eigenvalue weighted by molar-refractivity contribution is 5.78. The molecular weight excluding hydrogens is 140 g/mol. The quantitative estimate of drug-likeness (QED) is 0.565. The second kappa shape index (κ2) is 1.99. The Morgan fingerprint density at radius 2 is 2.36 bits per heavy atom. The molecule has 2 heteroatoms. The van der Waals surface area contributed by atoms with E-state index in [0.717, 1.165) is 0 Å². The van der Waals surface area contributed by atoms with Crippen molar-refractivity contribution < 1.29 is 9.53 Å². The second-order valence-electron chi connectivity index (χ2n) is 3.88. The van der Waals surface area contributed by atoms with E-state index < -0.39 is 0 Å². The average Bonchev–Trinajstić information content (AvgIpc) is 2.35. The van der Waals surface area contributed by atoms with Crippen LogP contribution in [0.5, 0.6) is 0 Å². The monoisotopic (exact) mass is 154 g/mol. The molecule has 0 spiro atoms. The Hall–Kier alpha value is -0.530. The summed E-state index contributed by atoms with van der Waals surface area (Å²) >= 11 is 0. The van der Waals surface area contributed by atoms with Gasteiger partial charge < -0.3 is 4.74 Å². The maximum absolute atomic E-state index is 11.2. The third-order valence-electron chi connectivity index (χ3n) is 3.39. The lowest BCUT2D eigenvalue weighted by Crippen LogP contribution is -2.12. The van der Waals surface area contributed by atoms with Gasteiger partial charge in [0.1, 0.15) is 0 Å². The van der Waals surface area contributed by atoms with E-state index in [9.17, 15) is 4.79 Å². The van der Waals surface area contributed by atoms with Gasteiger partial charge in [-0.1, -0.05) is 6.92 Å². The summed E-state index contributed by atoms with van der Waals surface area (Å²) in [6.07, 6.45) is 2.46. The van der Waals surface area contributed by atoms with Crippen molar-refractivity contribution in [3.63, 3.8) is 0 Å². The fourth-order valence-electron chi connectivity index (χ4n) is 2.41. The van der Waals surface area contributed by atoms with Gasteiger partial charge >= 0.3 is 5.97 Å². The lowest BCUT2D eigenvalue weighted by Gasteiger charge is -2.18. The van der Waals surface area contributed by atoms with Crippen molar-refractivity contribution >= 4 is 5.97 Å². The van der Waals surface area contributed by atoms with Crippen LogP contribution in [0.15, 0.2) is 0 Å². The highest BCUT2D eigenvalue weighted by atomic mass is 16.5. The minimum Gasteiger partial charge on any atom is -0.466 e. The molecule has 2 aliphatic rings. The van der Waals surface area contributed by atoms with Gasteiger partial charge in [0.2, 0.25) is 0 Å². The third kappa shape index (κ3) is 0.754. The van der Waals surface area contributed by atoms with Crippen LogP contribution in [-0.2, 0) is 9.53 Å². The predicted octanol–water partition coefficient (Wildman–Crippen LogP) is 1.60. The molecule has 0 aliphatic heterocycles. The Morgan fingerprint density at radius 1 is 1.73 bits per heavy atom. The molecule has 2 fully saturated rings. The second-order valence-corrected chi connectivity index (χ2v) is 3.88. The molecule has 0 saturated heterocycles. The van der Waals surface area contributed by atoms with Gasteiger partial charge in [-0.2, -0.15) is 0 Å². The van der Waals surface area contributed by atoms with E-state index in [-0.39, 0.29) is 11.9 Å². The number of carbonyl (C=O) groups excluding carboxylic acids is 1. The molecule has 2 aliphatic carbocycles. The molecule has 2 nitrogen and oxygen atoms in total. The van der Waals surface area contributed by atoms with Crippen molar-refractivity contribution in [2.45, 2.75) is 26.7 Å². The summed E-state index contributed by atoms with van der Waals surface area (Å²) in [7, 11) is 0. The molecule has 0 aromatic heterocycles. The maximum atomic E-state index is 11.2. The van der Waals surface area contributed by atoms with Crippen molar-refractivity contribution in [1.82, 2.24) is 0 Å². The topological polar surface area (TPSA) is 26.3 Å². The van der Waals surface area contributed by atoms with E-state index in [4.69, 9.17) is 4.74 Å². The molecule has 0 heterocycles. The van der Waals surface area contributed by atoms with Crippen molar-refractivity contribution in [3.05, 3.63) is 0 Å². The van der Waals surface area contributed by atoms with E-state index in [1.54, 1.807) is 0 Å². The zero-order valence-electron chi connectivity index (χ0n) is 7.09. The molecule has 0 amide bonds. The van der Waals surface area contributed by atoms with Gasteiger partial charge in [0.15, 0.2) is 0 Å². The smallest absolute Gasteiger partial charge is 0.309 e. The first-order valence-electron chi connectivity index (χ1n) is 4.37. The van der Waals surface area contributed by atoms with Gasteiger partial charge in [0.05, 0.1) is 12.5 Å². The fraction of sp³-hybridized carbons (Fsp3) is 0.889. The van der Waals surface area contributed by atoms with Gasteiger partial charge in [-0.25, -0.2) is 0 Å². The highest BCUT2D eigenvalue weighted by Gasteiger charge is 2.70. The number of esters is 1. The Labute approximate surface area is 66.9 Å². The van der Waals surface area contributed by atoms with Crippen LogP contribution in [0.1, 0.15) is 26.7 Å². The van der Waals surface area contributed by atoms with Crippen molar-refractivity contribution in [2.75, 3.05) is 6.61 Å². The predicted molar refractivity (Wildman–Crippen MR) is 41.0 cm³/mol. The summed E-state index contributed by atoms with van der Waals surface area (Å²) < 4.78 is 4.97. The molecule has 11 heavy (non-hydrogen) atoms. The van der Waals surface area contributed by atoms with E-state index in [2.05, 4.69) is 6.92 Å². The summed E-state index contributed by atoms with van der Waals surface area (Å²) in [5.41, 5.74) is 0.353. The van der Waals surface area contributed by atoms with Gasteiger partial charge in [-0.15, -0.1) is 0 Å². The Morgan fingerprint density at radius 3 is 2.73 bits per heavy atom. The van der Waals surface area contributed by atoms with E-state index in [0.29, 0.717) is 17.9 Å². The average molecular weight is 154 g/mol. The molecule has 0 bridgehead atoms. The summed E-state index contributed by atoms with van der Waals surface area (Å²) in [5, 5.41) is 0. The van der Waals surface area contributed by atoms with E-state index in [1.165, 1.54) is 12.8 Å². The molecule has 2 rings (SSSR count). The third-order valence-corrected chi connectivity index (χ3v) is 3.39. The van der Waals surface area contributed by atoms with Crippen molar-refractivity contribution in [2.24, 2.45) is 17.3 Å². The normalized spacial score (nSPS) is 45.6. The van der Waals surface area contributed by atoms with Crippen LogP contribution in [0.3, 0.4) is 0 Å². The van der Waals surface area contributed by atoms with Crippen LogP contribution >= 0.6 is 0 Å². The number of hydrogen-bond donors (Lipinski definition) is 0. The first-order chi connectivity index (χ1) is 5.20. The van der Waals surface area contributed by atoms with E-state index in [1.807, 2.05) is 6.92 Å². The largest absolute Gasteiger partial charge is 0.466 e. The summed E-state index contributed by atoms with van der Waals surface area (Å²) in [6.45, 7) is 4.59. The number of hydrogen-bond acceptors (Lipinski definition) is 2. The molecule has 3 atom stereocenters. The minimum atomic E-state index is 0.0394. The maximum Gasteiger partial charge on any atom is 0.309 e. The van der Waals surface area contributed by atoms with Gasteiger partial charge in [-0.05, 0) is 31.1 Å². The molecule has 2 saturated carbocycles. The molecule has 62 valence electrons. The molecule has 0 aromatic carbocycles. The molecule has 0 aromatic rings. The summed E-state index contributed by atoms with van der Waals surface area (Å²) in [5.74, 6) is 0.960. The standard InChI is InChI=1S/C9H14O2/c1-3-11-8(10)7-6-4-5-9(6,7)2/h6-7H,3-5H2,1-2H3. The number of fused-ring (bicyclic) bond motifs is 1. The lowest BCUT2D eigenvalue weighted by atomic mass is 9.87. The number of carbonyl (C=O) groups is 1. The Bertz CT molecular complexity index is 200. The van der Waals surface area contributed by atoms with Crippen LogP contribution < -0.4 is 0 Å². The lowest BCUT2D eigenvalue weighted by molar-refractivity contribution is -0.145. The molecular formula is C9H14O2. The number of rotatable bonds is 2. The first kappa shape index (κ1) is 7.14. The molecule has 3 unspecified atom stereocenters. The van der Waals surface area contributed by atoms with Crippen molar-refractivity contribution in [1.29, 1.82) is 0 Å². The van der Waals surface area contributed by atoms with Crippen molar-refractivity contribution in [3.8, 4) is 0 Å². The van der Waals surface area contributed by atoms with Gasteiger partial charge in [0, 0.05) is 0 Å². The zero-order valence-corrected chi connectivity index (χ0v) is 7.09. The van der Waals surface area contributed by atoms with Gasteiger partial charge in [0.25, 0.3) is 0 Å². The minimum absolute atomic E-state index is 0.0394. The van der Waals surface area contributed by atoms with E-state index >= 15 is 0 Å². The first-order valence-corrected chi connectivity index (χ1v) is 4.37. The van der Waals surface area contributed by atoms with Crippen LogP contribution in [0.2, 0.25) is 0 Å². The zero-order chi connectivity index (χ0) is 8.06. The Kier molecular flexibility index (Phi) is 1.29. The summed E-state index contributed by atoms with van der Waals surface area (Å²) in [6, 6.07) is 0. The van der Waals surface area contributed by atoms with Gasteiger partial charge in [-0.3, -0.25) is 4.79 Å². The molecule has 0 radical (unpaired) electrons. The Balaban J connectivity index is 1.94.